The zero-order chi connectivity index (χ0) is 22.0. The van der Waals surface area contributed by atoms with Gasteiger partial charge in [0.2, 0.25) is 5.88 Å². The Hall–Kier alpha value is -3.72. The summed E-state index contributed by atoms with van der Waals surface area (Å²) in [6, 6.07) is 14.2. The maximum Gasteiger partial charge on any atom is 0.303 e. The van der Waals surface area contributed by atoms with Crippen LogP contribution in [0.1, 0.15) is 40.1 Å². The summed E-state index contributed by atoms with van der Waals surface area (Å²) in [5.41, 5.74) is 1.98. The number of aromatic amines is 2. The van der Waals surface area contributed by atoms with Gasteiger partial charge in [-0.3, -0.25) is 19.4 Å². The molecular formula is C22H19N3O5S. The first-order valence-corrected chi connectivity index (χ1v) is 9.98. The van der Waals surface area contributed by atoms with E-state index in [0.717, 1.165) is 5.56 Å². The van der Waals surface area contributed by atoms with Crippen LogP contribution in [0.15, 0.2) is 53.3 Å². The van der Waals surface area contributed by atoms with Gasteiger partial charge in [0.15, 0.2) is 4.77 Å². The molecule has 0 bridgehead atoms. The summed E-state index contributed by atoms with van der Waals surface area (Å²) < 4.78 is 11.3. The van der Waals surface area contributed by atoms with Crippen molar-refractivity contribution < 1.29 is 19.1 Å². The molecule has 0 saturated carbocycles. The van der Waals surface area contributed by atoms with Crippen LogP contribution in [0.5, 0.6) is 11.6 Å². The van der Waals surface area contributed by atoms with E-state index in [-0.39, 0.29) is 22.8 Å². The van der Waals surface area contributed by atoms with Gasteiger partial charge in [-0.1, -0.05) is 30.3 Å². The minimum Gasteiger partial charge on any atom is -0.456 e. The fraction of sp³-hybridized carbons (Fsp3) is 0.182. The predicted molar refractivity (Wildman–Crippen MR) is 115 cm³/mol. The number of esters is 1. The summed E-state index contributed by atoms with van der Waals surface area (Å²) in [5, 5.41) is 2.80. The van der Waals surface area contributed by atoms with Crippen molar-refractivity contribution in [3.8, 4) is 11.6 Å². The smallest absolute Gasteiger partial charge is 0.303 e. The number of H-pyrrole nitrogens is 2. The molecule has 1 unspecified atom stereocenters. The molecule has 1 atom stereocenters. The first-order chi connectivity index (χ1) is 14.9. The van der Waals surface area contributed by atoms with Crippen LogP contribution in [0.2, 0.25) is 0 Å². The van der Waals surface area contributed by atoms with Crippen molar-refractivity contribution in [3.63, 3.8) is 0 Å². The second kappa shape index (κ2) is 8.57. The molecule has 1 aliphatic heterocycles. The van der Waals surface area contributed by atoms with Gasteiger partial charge >= 0.3 is 5.97 Å². The van der Waals surface area contributed by atoms with Crippen LogP contribution in [0.25, 0.3) is 0 Å². The van der Waals surface area contributed by atoms with Crippen LogP contribution in [0.4, 0.5) is 0 Å². The number of rotatable bonds is 5. The van der Waals surface area contributed by atoms with Gasteiger partial charge in [0.25, 0.3) is 11.5 Å². The van der Waals surface area contributed by atoms with Gasteiger partial charge in [-0.15, -0.1) is 0 Å². The molecule has 8 nitrogen and oxygen atoms in total. The van der Waals surface area contributed by atoms with Gasteiger partial charge in [0.1, 0.15) is 11.9 Å². The van der Waals surface area contributed by atoms with Gasteiger partial charge in [-0.2, -0.15) is 0 Å². The maximum absolute atomic E-state index is 12.7. The van der Waals surface area contributed by atoms with Crippen molar-refractivity contribution in [1.29, 1.82) is 0 Å². The SMILES string of the molecule is CC(=O)OC(CNC(=O)c1ccc2c(c1)Cc1c([nH]c(=S)[nH]c1=O)O2)c1ccccc1. The molecule has 3 N–H and O–H groups in total. The lowest BCUT2D eigenvalue weighted by atomic mass is 10.0. The fourth-order valence-corrected chi connectivity index (χ4v) is 3.57. The van der Waals surface area contributed by atoms with Crippen molar-refractivity contribution in [2.75, 3.05) is 6.54 Å². The Kier molecular flexibility index (Phi) is 5.68. The molecular weight excluding hydrogens is 418 g/mol. The third-order valence-electron chi connectivity index (χ3n) is 4.83. The Morgan fingerprint density at radius 3 is 2.71 bits per heavy atom. The number of hydrogen-bond acceptors (Lipinski definition) is 6. The fourth-order valence-electron chi connectivity index (χ4n) is 3.38. The highest BCUT2D eigenvalue weighted by Crippen LogP contribution is 2.33. The number of ether oxygens (including phenoxy) is 2. The Bertz CT molecular complexity index is 1270. The van der Waals surface area contributed by atoms with E-state index >= 15 is 0 Å². The van der Waals surface area contributed by atoms with Crippen molar-refractivity contribution in [3.05, 3.63) is 85.9 Å². The van der Waals surface area contributed by atoms with E-state index in [0.29, 0.717) is 34.7 Å². The molecule has 9 heteroatoms. The number of benzene rings is 2. The lowest BCUT2D eigenvalue weighted by molar-refractivity contribution is -0.146. The average Bonchev–Trinajstić information content (AvgIpc) is 2.75. The Morgan fingerprint density at radius 1 is 1.19 bits per heavy atom. The summed E-state index contributed by atoms with van der Waals surface area (Å²) in [4.78, 5) is 41.7. The van der Waals surface area contributed by atoms with Crippen LogP contribution < -0.4 is 15.6 Å². The van der Waals surface area contributed by atoms with Crippen molar-refractivity contribution in [2.24, 2.45) is 0 Å². The molecule has 1 amide bonds. The molecule has 1 aliphatic rings. The second-order valence-corrected chi connectivity index (χ2v) is 7.44. The molecule has 158 valence electrons. The topological polar surface area (TPSA) is 113 Å². The molecule has 0 saturated heterocycles. The van der Waals surface area contributed by atoms with E-state index in [9.17, 15) is 14.4 Å². The second-order valence-electron chi connectivity index (χ2n) is 7.04. The predicted octanol–water partition coefficient (Wildman–Crippen LogP) is 3.16. The average molecular weight is 437 g/mol. The highest BCUT2D eigenvalue weighted by Gasteiger charge is 2.22. The molecule has 0 radical (unpaired) electrons. The van der Waals surface area contributed by atoms with Crippen molar-refractivity contribution >= 4 is 24.1 Å². The van der Waals surface area contributed by atoms with E-state index in [1.807, 2.05) is 30.3 Å². The van der Waals surface area contributed by atoms with Crippen LogP contribution in [0.3, 0.4) is 0 Å². The summed E-state index contributed by atoms with van der Waals surface area (Å²) in [6.07, 6.45) is -0.301. The number of amides is 1. The van der Waals surface area contributed by atoms with E-state index in [1.54, 1.807) is 18.2 Å². The highest BCUT2D eigenvalue weighted by molar-refractivity contribution is 7.71. The van der Waals surface area contributed by atoms with Crippen molar-refractivity contribution in [1.82, 2.24) is 15.3 Å². The quantitative estimate of drug-likeness (QED) is 0.327. The van der Waals surface area contributed by atoms with Gasteiger partial charge in [-0.05, 0) is 36.0 Å². The lowest BCUT2D eigenvalue weighted by Gasteiger charge is -2.20. The molecule has 0 aliphatic carbocycles. The maximum atomic E-state index is 12.7. The number of hydrogen-bond donors (Lipinski definition) is 3. The Labute approximate surface area is 182 Å². The number of fused-ring (bicyclic) bond motifs is 2. The third kappa shape index (κ3) is 4.56. The van der Waals surface area contributed by atoms with Crippen LogP contribution in [0, 0.1) is 4.77 Å². The Morgan fingerprint density at radius 2 is 1.97 bits per heavy atom. The molecule has 4 rings (SSSR count). The summed E-state index contributed by atoms with van der Waals surface area (Å²) in [6.45, 7) is 1.45. The van der Waals surface area contributed by atoms with Crippen LogP contribution in [-0.2, 0) is 16.0 Å². The van der Waals surface area contributed by atoms with Gasteiger partial charge in [0, 0.05) is 24.5 Å². The van der Waals surface area contributed by atoms with Gasteiger partial charge in [0.05, 0.1) is 12.1 Å². The normalized spacial score (nSPS) is 12.7. The van der Waals surface area contributed by atoms with Gasteiger partial charge in [-0.25, -0.2) is 0 Å². The highest BCUT2D eigenvalue weighted by atomic mass is 32.1. The molecule has 1 aromatic heterocycles. The largest absolute Gasteiger partial charge is 0.456 e. The van der Waals surface area contributed by atoms with Gasteiger partial charge < -0.3 is 19.8 Å². The monoisotopic (exact) mass is 437 g/mol. The molecule has 2 aromatic carbocycles. The summed E-state index contributed by atoms with van der Waals surface area (Å²) in [7, 11) is 0. The molecule has 0 spiro atoms. The summed E-state index contributed by atoms with van der Waals surface area (Å²) in [5.74, 6) is 0.0907. The zero-order valence-electron chi connectivity index (χ0n) is 16.6. The Balaban J connectivity index is 1.50. The third-order valence-corrected chi connectivity index (χ3v) is 5.04. The zero-order valence-corrected chi connectivity index (χ0v) is 17.4. The number of aromatic nitrogens is 2. The van der Waals surface area contributed by atoms with Crippen LogP contribution in [-0.4, -0.2) is 28.4 Å². The van der Waals surface area contributed by atoms with E-state index in [4.69, 9.17) is 21.7 Å². The number of carbonyl (C=O) groups is 2. The number of nitrogens with one attached hydrogen (secondary N) is 3. The molecule has 0 fully saturated rings. The molecule has 2 heterocycles. The van der Waals surface area contributed by atoms with E-state index < -0.39 is 12.1 Å². The van der Waals surface area contributed by atoms with Crippen LogP contribution >= 0.6 is 12.2 Å². The molecule has 31 heavy (non-hydrogen) atoms. The van der Waals surface area contributed by atoms with E-state index in [2.05, 4.69) is 15.3 Å². The first-order valence-electron chi connectivity index (χ1n) is 9.57. The minimum absolute atomic E-state index is 0.120. The lowest BCUT2D eigenvalue weighted by Crippen LogP contribution is -2.30. The standard InChI is InChI=1S/C22H19N3O5S/c1-12(26)29-18(13-5-3-2-4-6-13)11-23-19(27)14-7-8-17-15(9-14)10-16-20(28)24-22(31)25-21(16)30-17/h2-9,18H,10-11H2,1H3,(H,23,27)(H2,24,25,28,31). The van der Waals surface area contributed by atoms with Crippen molar-refractivity contribution in [2.45, 2.75) is 19.4 Å². The minimum atomic E-state index is -0.600. The molecule has 3 aromatic rings. The summed E-state index contributed by atoms with van der Waals surface area (Å²) >= 11 is 4.97. The van der Waals surface area contributed by atoms with E-state index in [1.165, 1.54) is 6.92 Å². The first kappa shape index (κ1) is 20.5. The number of carbonyl (C=O) groups excluding carboxylic acids is 2.